The second-order valence-corrected chi connectivity index (χ2v) is 6.12. The average Bonchev–Trinajstić information content (AvgIpc) is 3.02. The maximum Gasteiger partial charge on any atom is 0.270 e. The Labute approximate surface area is 142 Å². The highest BCUT2D eigenvalue weighted by Crippen LogP contribution is 2.28. The van der Waals surface area contributed by atoms with Crippen molar-refractivity contribution in [3.05, 3.63) is 68.5 Å². The van der Waals surface area contributed by atoms with Crippen molar-refractivity contribution >= 4 is 28.4 Å². The first kappa shape index (κ1) is 15.6. The Morgan fingerprint density at radius 1 is 1.29 bits per heavy atom. The van der Waals surface area contributed by atoms with Gasteiger partial charge >= 0.3 is 0 Å². The van der Waals surface area contributed by atoms with E-state index in [-0.39, 0.29) is 11.3 Å². The minimum atomic E-state index is -0.518. The van der Waals surface area contributed by atoms with Gasteiger partial charge in [0, 0.05) is 28.8 Å². The molecule has 1 heterocycles. The maximum absolute atomic E-state index is 10.8. The summed E-state index contributed by atoms with van der Waals surface area (Å²) in [5, 5.41) is 26.1. The lowest BCUT2D eigenvalue weighted by Gasteiger charge is -2.09. The summed E-state index contributed by atoms with van der Waals surface area (Å²) in [5.74, 6) is 0. The summed E-state index contributed by atoms with van der Waals surface area (Å²) in [6, 6.07) is 13.8. The molecule has 0 spiro atoms. The molecule has 0 amide bonds. The number of nitro groups is 1. The Hall–Kier alpha value is -3.24. The third-order valence-corrected chi connectivity index (χ3v) is 4.16. The molecule has 0 radical (unpaired) electrons. The minimum absolute atomic E-state index is 0.108. The molecule has 0 aliphatic carbocycles. The highest BCUT2D eigenvalue weighted by Gasteiger charge is 2.11. The molecule has 1 aromatic heterocycles. The van der Waals surface area contributed by atoms with Crippen molar-refractivity contribution in [1.82, 2.24) is 4.98 Å². The lowest BCUT2D eigenvalue weighted by Crippen LogP contribution is -1.96. The smallest absolute Gasteiger partial charge is 0.270 e. The minimum Gasteiger partial charge on any atom is -0.354 e. The zero-order chi connectivity index (χ0) is 17.1. The standard InChI is InChI=1S/C17H12N4O2S/c1-11-19-17(10-24-11)12-3-2-4-14(7-12)20-16-6-5-15(21(22)23)8-13(16)9-18/h2-8,10,20H,1H3. The van der Waals surface area contributed by atoms with Gasteiger partial charge in [-0.2, -0.15) is 5.26 Å². The van der Waals surface area contributed by atoms with E-state index in [1.54, 1.807) is 11.3 Å². The number of benzene rings is 2. The van der Waals surface area contributed by atoms with Crippen LogP contribution in [0.3, 0.4) is 0 Å². The number of thiazole rings is 1. The fourth-order valence-electron chi connectivity index (χ4n) is 2.26. The summed E-state index contributed by atoms with van der Waals surface area (Å²) >= 11 is 1.58. The van der Waals surface area contributed by atoms with Crippen LogP contribution in [0.4, 0.5) is 17.1 Å². The molecule has 1 N–H and O–H groups in total. The van der Waals surface area contributed by atoms with E-state index >= 15 is 0 Å². The Bertz CT molecular complexity index is 959. The van der Waals surface area contributed by atoms with Crippen molar-refractivity contribution in [3.63, 3.8) is 0 Å². The topological polar surface area (TPSA) is 91.8 Å². The zero-order valence-corrected chi connectivity index (χ0v) is 13.5. The quantitative estimate of drug-likeness (QED) is 0.553. The molecule has 0 fully saturated rings. The van der Waals surface area contributed by atoms with E-state index in [0.717, 1.165) is 22.0 Å². The molecule has 2 aromatic carbocycles. The van der Waals surface area contributed by atoms with Gasteiger partial charge in [0.2, 0.25) is 0 Å². The lowest BCUT2D eigenvalue weighted by molar-refractivity contribution is -0.384. The Kier molecular flexibility index (Phi) is 4.22. The van der Waals surface area contributed by atoms with Crippen LogP contribution >= 0.6 is 11.3 Å². The van der Waals surface area contributed by atoms with Gasteiger partial charge in [0.1, 0.15) is 6.07 Å². The molecular formula is C17H12N4O2S. The van der Waals surface area contributed by atoms with Crippen LogP contribution in [-0.2, 0) is 0 Å². The third kappa shape index (κ3) is 3.24. The molecule has 0 aliphatic heterocycles. The van der Waals surface area contributed by atoms with Gasteiger partial charge in [-0.05, 0) is 25.1 Å². The number of hydrogen-bond acceptors (Lipinski definition) is 6. The molecule has 7 heteroatoms. The molecular weight excluding hydrogens is 324 g/mol. The van der Waals surface area contributed by atoms with E-state index in [1.807, 2.05) is 42.6 Å². The predicted octanol–water partition coefficient (Wildman–Crippen LogP) is 4.64. The maximum atomic E-state index is 10.8. The molecule has 24 heavy (non-hydrogen) atoms. The monoisotopic (exact) mass is 336 g/mol. The summed E-state index contributed by atoms with van der Waals surface area (Å²) in [6.07, 6.45) is 0. The van der Waals surface area contributed by atoms with Gasteiger partial charge in [0.15, 0.2) is 0 Å². The van der Waals surface area contributed by atoms with E-state index in [2.05, 4.69) is 10.3 Å². The number of rotatable bonds is 4. The number of nitriles is 1. The van der Waals surface area contributed by atoms with Gasteiger partial charge in [-0.15, -0.1) is 11.3 Å². The van der Waals surface area contributed by atoms with Crippen LogP contribution in [0.25, 0.3) is 11.3 Å². The molecule has 0 bridgehead atoms. The summed E-state index contributed by atoms with van der Waals surface area (Å²) in [5.41, 5.74) is 3.27. The van der Waals surface area contributed by atoms with Crippen LogP contribution in [0.5, 0.6) is 0 Å². The number of aromatic nitrogens is 1. The molecule has 3 aromatic rings. The molecule has 0 atom stereocenters. The first-order chi connectivity index (χ1) is 11.6. The van der Waals surface area contributed by atoms with Crippen LogP contribution in [0.2, 0.25) is 0 Å². The van der Waals surface area contributed by atoms with Gasteiger partial charge in [-0.25, -0.2) is 4.98 Å². The predicted molar refractivity (Wildman–Crippen MR) is 93.4 cm³/mol. The highest BCUT2D eigenvalue weighted by molar-refractivity contribution is 7.09. The molecule has 0 aliphatic rings. The van der Waals surface area contributed by atoms with Crippen LogP contribution < -0.4 is 5.32 Å². The third-order valence-electron chi connectivity index (χ3n) is 3.39. The number of aryl methyl sites for hydroxylation is 1. The summed E-state index contributed by atoms with van der Waals surface area (Å²) in [4.78, 5) is 14.8. The number of nitro benzene ring substituents is 1. The molecule has 3 rings (SSSR count). The van der Waals surface area contributed by atoms with Gasteiger partial charge in [0.05, 0.1) is 26.9 Å². The van der Waals surface area contributed by atoms with Crippen molar-refractivity contribution in [3.8, 4) is 17.3 Å². The van der Waals surface area contributed by atoms with Crippen LogP contribution in [0.1, 0.15) is 10.6 Å². The second-order valence-electron chi connectivity index (χ2n) is 5.06. The van der Waals surface area contributed by atoms with Crippen LogP contribution in [-0.4, -0.2) is 9.91 Å². The SMILES string of the molecule is Cc1nc(-c2cccc(Nc3ccc([N+](=O)[O-])cc3C#N)c2)cs1. The molecule has 0 saturated heterocycles. The van der Waals surface area contributed by atoms with E-state index < -0.39 is 4.92 Å². The fraction of sp³-hybridized carbons (Fsp3) is 0.0588. The molecule has 118 valence electrons. The number of hydrogen-bond donors (Lipinski definition) is 1. The second kappa shape index (κ2) is 6.48. The average molecular weight is 336 g/mol. The number of nitrogens with zero attached hydrogens (tertiary/aromatic N) is 3. The van der Waals surface area contributed by atoms with Gasteiger partial charge in [0.25, 0.3) is 5.69 Å². The van der Waals surface area contributed by atoms with E-state index in [4.69, 9.17) is 0 Å². The normalized spacial score (nSPS) is 10.2. The molecule has 0 saturated carbocycles. The summed E-state index contributed by atoms with van der Waals surface area (Å²) in [6.45, 7) is 1.95. The molecule has 0 unspecified atom stereocenters. The first-order valence-electron chi connectivity index (χ1n) is 7.05. The lowest BCUT2D eigenvalue weighted by atomic mass is 10.1. The first-order valence-corrected chi connectivity index (χ1v) is 7.93. The van der Waals surface area contributed by atoms with Gasteiger partial charge in [-0.1, -0.05) is 12.1 Å². The van der Waals surface area contributed by atoms with Gasteiger partial charge < -0.3 is 5.32 Å². The Morgan fingerprint density at radius 2 is 2.12 bits per heavy atom. The van der Waals surface area contributed by atoms with Crippen molar-refractivity contribution < 1.29 is 4.92 Å². The number of nitrogens with one attached hydrogen (secondary N) is 1. The van der Waals surface area contributed by atoms with E-state index in [1.165, 1.54) is 18.2 Å². The van der Waals surface area contributed by atoms with Crippen molar-refractivity contribution in [2.75, 3.05) is 5.32 Å². The van der Waals surface area contributed by atoms with E-state index in [0.29, 0.717) is 5.69 Å². The van der Waals surface area contributed by atoms with Crippen LogP contribution in [0.15, 0.2) is 47.8 Å². The number of non-ortho nitro benzene ring substituents is 1. The Balaban J connectivity index is 1.92. The van der Waals surface area contributed by atoms with Gasteiger partial charge in [-0.3, -0.25) is 10.1 Å². The summed E-state index contributed by atoms with van der Waals surface area (Å²) < 4.78 is 0. The molecule has 6 nitrogen and oxygen atoms in total. The van der Waals surface area contributed by atoms with Crippen molar-refractivity contribution in [2.24, 2.45) is 0 Å². The van der Waals surface area contributed by atoms with Crippen molar-refractivity contribution in [1.29, 1.82) is 5.26 Å². The van der Waals surface area contributed by atoms with Crippen molar-refractivity contribution in [2.45, 2.75) is 6.92 Å². The largest absolute Gasteiger partial charge is 0.354 e. The zero-order valence-electron chi connectivity index (χ0n) is 12.7. The Morgan fingerprint density at radius 3 is 2.79 bits per heavy atom. The van der Waals surface area contributed by atoms with E-state index in [9.17, 15) is 15.4 Å². The highest BCUT2D eigenvalue weighted by atomic mass is 32.1. The fourth-order valence-corrected chi connectivity index (χ4v) is 2.88. The number of anilines is 2. The van der Waals surface area contributed by atoms with Crippen LogP contribution in [0, 0.1) is 28.4 Å². The summed E-state index contributed by atoms with van der Waals surface area (Å²) in [7, 11) is 0.